The molecule has 0 amide bonds. The summed E-state index contributed by atoms with van der Waals surface area (Å²) in [4.78, 5) is 10.5. The van der Waals surface area contributed by atoms with E-state index in [1.54, 1.807) is 0 Å². The number of aryl methyl sites for hydroxylation is 1. The maximum absolute atomic E-state index is 12.3. The molecular formula is C12H19NO6S. The predicted octanol–water partition coefficient (Wildman–Crippen LogP) is 1.11. The van der Waals surface area contributed by atoms with Gasteiger partial charge in [-0.2, -0.15) is 0 Å². The average Bonchev–Trinajstić information content (AvgIpc) is 2.57. The molecule has 0 radical (unpaired) electrons. The lowest BCUT2D eigenvalue weighted by Gasteiger charge is -2.37. The Bertz CT molecular complexity index is 621. The minimum Gasteiger partial charge on any atom is -0.475 e. The molecule has 0 aliphatic rings. The highest BCUT2D eigenvalue weighted by Gasteiger charge is 2.39. The molecule has 0 saturated carbocycles. The van der Waals surface area contributed by atoms with Gasteiger partial charge in [0, 0.05) is 6.07 Å². The minimum absolute atomic E-state index is 0.0264. The number of hydrogen-bond donors (Lipinski definition) is 3. The molecule has 114 valence electrons. The zero-order valence-corrected chi connectivity index (χ0v) is 12.8. The molecule has 0 spiro atoms. The Morgan fingerprint density at radius 1 is 1.30 bits per heavy atom. The van der Waals surface area contributed by atoms with Crippen molar-refractivity contribution in [2.45, 2.75) is 50.7 Å². The van der Waals surface area contributed by atoms with Gasteiger partial charge in [0.1, 0.15) is 10.7 Å². The fourth-order valence-electron chi connectivity index (χ4n) is 1.35. The molecule has 0 unspecified atom stereocenters. The van der Waals surface area contributed by atoms with Gasteiger partial charge in [0.15, 0.2) is 0 Å². The van der Waals surface area contributed by atoms with Crippen LogP contribution in [0.15, 0.2) is 15.4 Å². The van der Waals surface area contributed by atoms with Crippen molar-refractivity contribution in [1.82, 2.24) is 4.72 Å². The summed E-state index contributed by atoms with van der Waals surface area (Å²) in [5, 5.41) is 18.8. The monoisotopic (exact) mass is 305 g/mol. The second-order valence-electron chi connectivity index (χ2n) is 5.63. The molecular weight excluding hydrogens is 286 g/mol. The Hall–Kier alpha value is -1.38. The van der Waals surface area contributed by atoms with Crippen LogP contribution in [0.1, 0.15) is 44.0 Å². The van der Waals surface area contributed by atoms with Gasteiger partial charge in [0.05, 0.1) is 11.1 Å². The first-order valence-corrected chi connectivity index (χ1v) is 7.36. The van der Waals surface area contributed by atoms with E-state index >= 15 is 0 Å². The van der Waals surface area contributed by atoms with E-state index in [0.717, 1.165) is 6.07 Å². The summed E-state index contributed by atoms with van der Waals surface area (Å²) in [6, 6.07) is 0.945. The minimum atomic E-state index is -4.01. The molecule has 0 saturated heterocycles. The molecule has 1 heterocycles. The largest absolute Gasteiger partial charge is 0.475 e. The normalized spacial score (nSPS) is 13.5. The van der Waals surface area contributed by atoms with E-state index in [2.05, 4.69) is 4.72 Å². The van der Waals surface area contributed by atoms with Crippen molar-refractivity contribution in [2.75, 3.05) is 0 Å². The summed E-state index contributed by atoms with van der Waals surface area (Å²) in [6.45, 7) is 7.36. The van der Waals surface area contributed by atoms with Crippen LogP contribution in [0, 0.1) is 6.92 Å². The van der Waals surface area contributed by atoms with Gasteiger partial charge in [-0.3, -0.25) is 0 Å². The first-order valence-electron chi connectivity index (χ1n) is 5.88. The van der Waals surface area contributed by atoms with Crippen LogP contribution in [-0.4, -0.2) is 35.7 Å². The van der Waals surface area contributed by atoms with Crippen LogP contribution >= 0.6 is 0 Å². The zero-order valence-electron chi connectivity index (χ0n) is 12.0. The number of aromatic carboxylic acids is 1. The Kier molecular flexibility index (Phi) is 4.06. The van der Waals surface area contributed by atoms with Crippen LogP contribution in [0.4, 0.5) is 0 Å². The van der Waals surface area contributed by atoms with Gasteiger partial charge in [0.2, 0.25) is 15.8 Å². The first kappa shape index (κ1) is 16.7. The van der Waals surface area contributed by atoms with Crippen molar-refractivity contribution in [1.29, 1.82) is 0 Å². The smallest absolute Gasteiger partial charge is 0.371 e. The van der Waals surface area contributed by atoms with Gasteiger partial charge >= 0.3 is 5.97 Å². The summed E-state index contributed by atoms with van der Waals surface area (Å²) in [5.74, 6) is -1.83. The second-order valence-corrected chi connectivity index (χ2v) is 7.28. The molecule has 0 fully saturated rings. The van der Waals surface area contributed by atoms with Gasteiger partial charge in [0.25, 0.3) is 0 Å². The lowest BCUT2D eigenvalue weighted by atomic mass is 9.87. The number of carboxylic acid groups (broad SMARTS) is 1. The Balaban J connectivity index is 3.22. The molecule has 0 bridgehead atoms. The molecule has 1 rings (SSSR count). The maximum Gasteiger partial charge on any atom is 0.371 e. The van der Waals surface area contributed by atoms with Crippen LogP contribution in [0.25, 0.3) is 0 Å². The molecule has 20 heavy (non-hydrogen) atoms. The molecule has 0 aliphatic carbocycles. The molecule has 8 heteroatoms. The topological polar surface area (TPSA) is 117 Å². The Morgan fingerprint density at radius 2 is 1.80 bits per heavy atom. The molecule has 1 aromatic heterocycles. The third kappa shape index (κ3) is 3.20. The summed E-state index contributed by atoms with van der Waals surface area (Å²) >= 11 is 0. The fourth-order valence-corrected chi connectivity index (χ4v) is 3.07. The number of hydrogen-bond acceptors (Lipinski definition) is 5. The third-order valence-electron chi connectivity index (χ3n) is 3.29. The molecule has 0 atom stereocenters. The van der Waals surface area contributed by atoms with Crippen molar-refractivity contribution in [3.05, 3.63) is 17.6 Å². The standard InChI is InChI=1S/C12H19NO6S/c1-7-9(6-8(19-7)10(14)15)20(17,18)13-11(2,3)12(4,5)16/h6,13,16H,1-5H3,(H,14,15). The van der Waals surface area contributed by atoms with Crippen molar-refractivity contribution < 1.29 is 27.8 Å². The number of nitrogens with one attached hydrogen (secondary N) is 1. The van der Waals surface area contributed by atoms with Gasteiger partial charge in [-0.15, -0.1) is 0 Å². The highest BCUT2D eigenvalue weighted by Crippen LogP contribution is 2.26. The Labute approximate surface area is 117 Å². The second kappa shape index (κ2) is 4.87. The molecule has 1 aromatic rings. The summed E-state index contributed by atoms with van der Waals surface area (Å²) in [5.41, 5.74) is -2.47. The third-order valence-corrected chi connectivity index (χ3v) is 5.05. The lowest BCUT2D eigenvalue weighted by Crippen LogP contribution is -2.57. The number of sulfonamides is 1. The van der Waals surface area contributed by atoms with Crippen molar-refractivity contribution in [3.8, 4) is 0 Å². The van der Waals surface area contributed by atoms with E-state index in [0.29, 0.717) is 0 Å². The van der Waals surface area contributed by atoms with Gasteiger partial charge in [-0.25, -0.2) is 17.9 Å². The quantitative estimate of drug-likeness (QED) is 0.750. The highest BCUT2D eigenvalue weighted by molar-refractivity contribution is 7.89. The maximum atomic E-state index is 12.3. The van der Waals surface area contributed by atoms with E-state index in [-0.39, 0.29) is 10.7 Å². The summed E-state index contributed by atoms with van der Waals surface area (Å²) in [7, 11) is -4.01. The van der Waals surface area contributed by atoms with Crippen molar-refractivity contribution >= 4 is 16.0 Å². The van der Waals surface area contributed by atoms with Crippen LogP contribution in [0.3, 0.4) is 0 Å². The van der Waals surface area contributed by atoms with E-state index < -0.39 is 32.9 Å². The zero-order chi connectivity index (χ0) is 15.9. The highest BCUT2D eigenvalue weighted by atomic mass is 32.2. The molecule has 0 aromatic carbocycles. The molecule has 7 nitrogen and oxygen atoms in total. The van der Waals surface area contributed by atoms with Crippen molar-refractivity contribution in [2.24, 2.45) is 0 Å². The predicted molar refractivity (Wildman–Crippen MR) is 71.1 cm³/mol. The van der Waals surface area contributed by atoms with E-state index in [1.807, 2.05) is 0 Å². The van der Waals surface area contributed by atoms with Crippen LogP contribution in [-0.2, 0) is 10.0 Å². The number of furan rings is 1. The molecule has 3 N–H and O–H groups in total. The van der Waals surface area contributed by atoms with Crippen LogP contribution in [0.5, 0.6) is 0 Å². The van der Waals surface area contributed by atoms with Gasteiger partial charge in [-0.05, 0) is 34.6 Å². The summed E-state index contributed by atoms with van der Waals surface area (Å²) in [6.07, 6.45) is 0. The Morgan fingerprint density at radius 3 is 2.15 bits per heavy atom. The SMILES string of the molecule is Cc1oc(C(=O)O)cc1S(=O)(=O)NC(C)(C)C(C)(C)O. The van der Waals surface area contributed by atoms with E-state index in [4.69, 9.17) is 9.52 Å². The average molecular weight is 305 g/mol. The van der Waals surface area contributed by atoms with Gasteiger partial charge in [-0.1, -0.05) is 0 Å². The number of carbonyl (C=O) groups is 1. The number of rotatable bonds is 5. The van der Waals surface area contributed by atoms with E-state index in [9.17, 15) is 18.3 Å². The van der Waals surface area contributed by atoms with Crippen LogP contribution < -0.4 is 4.72 Å². The van der Waals surface area contributed by atoms with E-state index in [1.165, 1.54) is 34.6 Å². The van der Waals surface area contributed by atoms with Crippen LogP contribution in [0.2, 0.25) is 0 Å². The number of aliphatic hydroxyl groups is 1. The first-order chi connectivity index (χ1) is 8.78. The number of carboxylic acids is 1. The van der Waals surface area contributed by atoms with Gasteiger partial charge < -0.3 is 14.6 Å². The van der Waals surface area contributed by atoms with Crippen molar-refractivity contribution in [3.63, 3.8) is 0 Å². The fraction of sp³-hybridized carbons (Fsp3) is 0.583. The lowest BCUT2D eigenvalue weighted by molar-refractivity contribution is 0.00637. The molecule has 0 aliphatic heterocycles. The summed E-state index contributed by atoms with van der Waals surface area (Å²) < 4.78 is 31.8.